The first-order valence-corrected chi connectivity index (χ1v) is 12.8. The lowest BCUT2D eigenvalue weighted by atomic mass is 9.89. The summed E-state index contributed by atoms with van der Waals surface area (Å²) in [6.07, 6.45) is -8.65. The fourth-order valence-corrected chi connectivity index (χ4v) is 4.08. The molecule has 0 saturated carbocycles. The molecule has 0 aliphatic carbocycles. The van der Waals surface area contributed by atoms with Gasteiger partial charge in [-0.25, -0.2) is 0 Å². The molecule has 0 aromatic heterocycles. The molecule has 2 N–H and O–H groups in total. The van der Waals surface area contributed by atoms with Gasteiger partial charge in [0.1, 0.15) is 0 Å². The van der Waals surface area contributed by atoms with Crippen molar-refractivity contribution in [3.8, 4) is 11.1 Å². The van der Waals surface area contributed by atoms with E-state index in [1.54, 1.807) is 13.8 Å². The van der Waals surface area contributed by atoms with E-state index >= 15 is 0 Å². The zero-order valence-corrected chi connectivity index (χ0v) is 22.4. The summed E-state index contributed by atoms with van der Waals surface area (Å²) in [5.74, 6) is -1.41. The van der Waals surface area contributed by atoms with Crippen LogP contribution >= 0.6 is 0 Å². The first-order valence-electron chi connectivity index (χ1n) is 12.8. The minimum absolute atomic E-state index is 0.0226. The summed E-state index contributed by atoms with van der Waals surface area (Å²) in [7, 11) is 0. The first kappa shape index (κ1) is 30.7. The van der Waals surface area contributed by atoms with Crippen LogP contribution in [0.5, 0.6) is 0 Å². The zero-order chi connectivity index (χ0) is 29.8. The van der Waals surface area contributed by atoms with E-state index in [2.05, 4.69) is 10.6 Å². The van der Waals surface area contributed by atoms with E-state index in [1.165, 1.54) is 30.3 Å². The molecule has 10 heteroatoms. The summed E-state index contributed by atoms with van der Waals surface area (Å²) >= 11 is 0. The van der Waals surface area contributed by atoms with E-state index in [-0.39, 0.29) is 28.8 Å². The highest BCUT2D eigenvalue weighted by Crippen LogP contribution is 2.44. The Hall–Kier alpha value is -3.82. The number of nitrogens with one attached hydrogen (secondary N) is 2. The number of rotatable bonds is 8. The molecule has 2 unspecified atom stereocenters. The molecule has 0 radical (unpaired) electrons. The van der Waals surface area contributed by atoms with Crippen molar-refractivity contribution in [1.82, 2.24) is 5.32 Å². The van der Waals surface area contributed by atoms with Crippen molar-refractivity contribution >= 4 is 17.5 Å². The predicted octanol–water partition coefficient (Wildman–Crippen LogP) is 8.69. The van der Waals surface area contributed by atoms with Crippen LogP contribution in [-0.4, -0.2) is 17.9 Å². The first-order chi connectivity index (χ1) is 18.6. The second kappa shape index (κ2) is 12.1. The molecule has 0 fully saturated rings. The van der Waals surface area contributed by atoms with Gasteiger partial charge in [-0.1, -0.05) is 45.0 Å². The van der Waals surface area contributed by atoms with Gasteiger partial charge >= 0.3 is 12.4 Å². The number of carbonyl (C=O) groups is 2. The van der Waals surface area contributed by atoms with E-state index in [1.807, 2.05) is 13.8 Å². The van der Waals surface area contributed by atoms with Gasteiger partial charge in [-0.2, -0.15) is 26.3 Å². The lowest BCUT2D eigenvalue weighted by molar-refractivity contribution is -0.139. The van der Waals surface area contributed by atoms with Crippen molar-refractivity contribution in [1.29, 1.82) is 0 Å². The molecule has 3 aromatic carbocycles. The van der Waals surface area contributed by atoms with Gasteiger partial charge in [0, 0.05) is 22.9 Å². The smallest absolute Gasteiger partial charge is 0.350 e. The minimum Gasteiger partial charge on any atom is -0.350 e. The number of halogens is 6. The number of hydrogen-bond acceptors (Lipinski definition) is 2. The molecule has 0 aliphatic rings. The molecule has 4 nitrogen and oxygen atoms in total. The van der Waals surface area contributed by atoms with E-state index in [4.69, 9.17) is 0 Å². The van der Waals surface area contributed by atoms with Gasteiger partial charge in [0.2, 0.25) is 0 Å². The van der Waals surface area contributed by atoms with Crippen LogP contribution < -0.4 is 10.6 Å². The number of amides is 2. The van der Waals surface area contributed by atoms with Gasteiger partial charge in [0.05, 0.1) is 11.1 Å². The van der Waals surface area contributed by atoms with E-state index < -0.39 is 46.4 Å². The second-order valence-corrected chi connectivity index (χ2v) is 9.69. The quantitative estimate of drug-likeness (QED) is 0.269. The van der Waals surface area contributed by atoms with Crippen LogP contribution in [0.4, 0.5) is 32.0 Å². The second-order valence-electron chi connectivity index (χ2n) is 9.69. The van der Waals surface area contributed by atoms with Crippen molar-refractivity contribution < 1.29 is 35.9 Å². The van der Waals surface area contributed by atoms with Crippen LogP contribution in [0.1, 0.15) is 83.9 Å². The highest BCUT2D eigenvalue weighted by atomic mass is 19.4. The van der Waals surface area contributed by atoms with Crippen molar-refractivity contribution in [2.75, 3.05) is 5.32 Å². The van der Waals surface area contributed by atoms with Crippen molar-refractivity contribution in [3.63, 3.8) is 0 Å². The van der Waals surface area contributed by atoms with E-state index in [0.29, 0.717) is 24.5 Å². The fourth-order valence-electron chi connectivity index (χ4n) is 4.08. The summed E-state index contributed by atoms with van der Waals surface area (Å²) in [6.45, 7) is 7.25. The Kier molecular flexibility index (Phi) is 9.32. The third-order valence-electron chi connectivity index (χ3n) is 6.78. The Morgan fingerprint density at radius 1 is 0.725 bits per heavy atom. The van der Waals surface area contributed by atoms with Gasteiger partial charge in [-0.05, 0) is 78.8 Å². The van der Waals surface area contributed by atoms with Crippen molar-refractivity contribution in [2.24, 2.45) is 0 Å². The molecule has 0 heterocycles. The van der Waals surface area contributed by atoms with Gasteiger partial charge < -0.3 is 10.6 Å². The lowest BCUT2D eigenvalue weighted by Crippen LogP contribution is -2.32. The number of benzene rings is 3. The highest BCUT2D eigenvalue weighted by molar-refractivity contribution is 6.06. The molecule has 40 heavy (non-hydrogen) atoms. The Labute approximate surface area is 228 Å². The monoisotopic (exact) mass is 564 g/mol. The van der Waals surface area contributed by atoms with Gasteiger partial charge in [-0.15, -0.1) is 0 Å². The summed E-state index contributed by atoms with van der Waals surface area (Å²) in [5.41, 5.74) is -3.43. The maximum Gasteiger partial charge on any atom is 0.417 e. The normalized spacial score (nSPS) is 13.4. The molecule has 2 atom stereocenters. The Balaban J connectivity index is 2.00. The van der Waals surface area contributed by atoms with Crippen molar-refractivity contribution in [2.45, 2.75) is 64.8 Å². The largest absolute Gasteiger partial charge is 0.417 e. The van der Waals surface area contributed by atoms with Crippen LogP contribution in [0, 0.1) is 0 Å². The summed E-state index contributed by atoms with van der Waals surface area (Å²) in [4.78, 5) is 25.2. The molecule has 0 spiro atoms. The molecule has 0 bridgehead atoms. The number of carbonyl (C=O) groups excluding carboxylic acids is 2. The molecule has 0 saturated heterocycles. The molecule has 3 aromatic rings. The average molecular weight is 565 g/mol. The van der Waals surface area contributed by atoms with Gasteiger partial charge in [0.15, 0.2) is 0 Å². The molecular formula is C30H30F6N2O2. The third-order valence-corrected chi connectivity index (χ3v) is 6.78. The number of hydrogen-bond donors (Lipinski definition) is 2. The van der Waals surface area contributed by atoms with Gasteiger partial charge in [0.25, 0.3) is 11.8 Å². The number of alkyl halides is 6. The molecule has 2 amide bonds. The standard InChI is InChI=1S/C30H30F6N2O2/c1-5-17(3)19-10-12-23(25(15-19)29(31,32)33)24-13-11-22(16-26(24)30(34,35)36)38-28(40)21-9-7-8-20(14-21)27(39)37-18(4)6-2/h7-18H,5-6H2,1-4H3,(H,37,39)(H,38,40). The molecule has 3 rings (SSSR count). The maximum absolute atomic E-state index is 14.1. The Morgan fingerprint density at radius 3 is 1.82 bits per heavy atom. The van der Waals surface area contributed by atoms with Crippen LogP contribution in [0.2, 0.25) is 0 Å². The Morgan fingerprint density at radius 2 is 1.27 bits per heavy atom. The number of anilines is 1. The van der Waals surface area contributed by atoms with E-state index in [0.717, 1.165) is 24.3 Å². The average Bonchev–Trinajstić information content (AvgIpc) is 2.91. The summed E-state index contributed by atoms with van der Waals surface area (Å²) in [5, 5.41) is 5.11. The Bertz CT molecular complexity index is 1380. The maximum atomic E-state index is 14.1. The van der Waals surface area contributed by atoms with Crippen LogP contribution in [0.25, 0.3) is 11.1 Å². The fraction of sp³-hybridized carbons (Fsp3) is 0.333. The summed E-state index contributed by atoms with van der Waals surface area (Å²) in [6, 6.07) is 11.5. The van der Waals surface area contributed by atoms with Crippen LogP contribution in [0.15, 0.2) is 60.7 Å². The van der Waals surface area contributed by atoms with Crippen LogP contribution in [-0.2, 0) is 12.4 Å². The molecule has 214 valence electrons. The topological polar surface area (TPSA) is 58.2 Å². The van der Waals surface area contributed by atoms with E-state index in [9.17, 15) is 35.9 Å². The zero-order valence-electron chi connectivity index (χ0n) is 22.4. The van der Waals surface area contributed by atoms with Gasteiger partial charge in [-0.3, -0.25) is 9.59 Å². The molecular weight excluding hydrogens is 534 g/mol. The highest BCUT2D eigenvalue weighted by Gasteiger charge is 2.39. The third kappa shape index (κ3) is 7.22. The van der Waals surface area contributed by atoms with Crippen LogP contribution in [0.3, 0.4) is 0 Å². The van der Waals surface area contributed by atoms with Crippen molar-refractivity contribution in [3.05, 3.63) is 88.5 Å². The SMILES string of the molecule is CCC(C)NC(=O)c1cccc(C(=O)Nc2ccc(-c3ccc(C(C)CC)cc3C(F)(F)F)c(C(F)(F)F)c2)c1. The molecule has 0 aliphatic heterocycles. The lowest BCUT2D eigenvalue weighted by Gasteiger charge is -2.20. The summed E-state index contributed by atoms with van der Waals surface area (Å²) < 4.78 is 84.2. The minimum atomic E-state index is -5.01. The predicted molar refractivity (Wildman–Crippen MR) is 142 cm³/mol.